The molecule has 0 aliphatic rings. The minimum atomic E-state index is 0.999. The molecule has 0 unspecified atom stereocenters. The van der Waals surface area contributed by atoms with Gasteiger partial charge >= 0.3 is 0 Å². The number of fused-ring (bicyclic) bond motifs is 3. The second-order valence-corrected chi connectivity index (χ2v) is 14.0. The Bertz CT molecular complexity index is 2820. The van der Waals surface area contributed by atoms with Crippen LogP contribution in [0.25, 0.3) is 94.0 Å². The Kier molecular flexibility index (Phi) is 8.50. The highest BCUT2D eigenvalue weighted by molar-refractivity contribution is 6.22. The molecular formula is C53H40. The smallest absolute Gasteiger partial charge is 0.00233 e. The third-order valence-electron chi connectivity index (χ3n) is 10.7. The molecule has 0 heterocycles. The number of hydrogen-bond acceptors (Lipinski definition) is 0. The van der Waals surface area contributed by atoms with Gasteiger partial charge in [-0.25, -0.2) is 0 Å². The molecule has 0 spiro atoms. The molecule has 53 heavy (non-hydrogen) atoms. The summed E-state index contributed by atoms with van der Waals surface area (Å²) in [6, 6.07) is 66.9. The van der Waals surface area contributed by atoms with E-state index in [1.165, 1.54) is 99.1 Å². The lowest BCUT2D eigenvalue weighted by Crippen LogP contribution is -1.95. The van der Waals surface area contributed by atoms with Crippen LogP contribution in [0.2, 0.25) is 0 Å². The summed E-state index contributed by atoms with van der Waals surface area (Å²) in [5.74, 6) is 0. The van der Waals surface area contributed by atoms with Crippen LogP contribution in [-0.2, 0) is 0 Å². The molecule has 0 radical (unpaired) electrons. The number of allylic oxidation sites excluding steroid dienone is 1. The first-order valence-electron chi connectivity index (χ1n) is 18.7. The Labute approximate surface area is 312 Å². The first-order chi connectivity index (χ1) is 26.2. The summed E-state index contributed by atoms with van der Waals surface area (Å²) in [6.45, 7) is 4.50. The molecule has 0 N–H and O–H groups in total. The van der Waals surface area contributed by atoms with Gasteiger partial charge < -0.3 is 0 Å². The second-order valence-electron chi connectivity index (χ2n) is 14.0. The average Bonchev–Trinajstić information content (AvgIpc) is 3.23. The van der Waals surface area contributed by atoms with Gasteiger partial charge in [-0.2, -0.15) is 0 Å². The van der Waals surface area contributed by atoms with E-state index in [0.717, 1.165) is 6.42 Å². The lowest BCUT2D eigenvalue weighted by atomic mass is 9.82. The molecule has 0 saturated heterocycles. The van der Waals surface area contributed by atoms with Crippen LogP contribution in [0.5, 0.6) is 0 Å². The summed E-state index contributed by atoms with van der Waals surface area (Å²) in [5, 5.41) is 7.63. The van der Waals surface area contributed by atoms with E-state index in [9.17, 15) is 0 Å². The van der Waals surface area contributed by atoms with Crippen molar-refractivity contribution < 1.29 is 0 Å². The van der Waals surface area contributed by atoms with Gasteiger partial charge in [-0.1, -0.05) is 177 Å². The van der Waals surface area contributed by atoms with Crippen LogP contribution in [0.15, 0.2) is 188 Å². The van der Waals surface area contributed by atoms with Crippen LogP contribution in [0.4, 0.5) is 0 Å². The van der Waals surface area contributed by atoms with E-state index in [0.29, 0.717) is 0 Å². The van der Waals surface area contributed by atoms with Gasteiger partial charge in [0.05, 0.1) is 0 Å². The fourth-order valence-corrected chi connectivity index (χ4v) is 8.08. The highest BCUT2D eigenvalue weighted by Gasteiger charge is 2.20. The predicted octanol–water partition coefficient (Wildman–Crippen LogP) is 15.2. The maximum Gasteiger partial charge on any atom is -0.00233 e. The molecule has 252 valence electrons. The van der Waals surface area contributed by atoms with Crippen LogP contribution in [0, 0.1) is 6.92 Å². The van der Waals surface area contributed by atoms with Crippen molar-refractivity contribution in [2.45, 2.75) is 20.3 Å². The van der Waals surface area contributed by atoms with E-state index in [2.05, 4.69) is 208 Å². The number of hydrogen-bond donors (Lipinski definition) is 0. The molecule has 0 aliphatic carbocycles. The number of aryl methyl sites for hydroxylation is 1. The quantitative estimate of drug-likeness (QED) is 0.147. The van der Waals surface area contributed by atoms with Gasteiger partial charge in [-0.15, -0.1) is 0 Å². The molecule has 0 heteroatoms. The van der Waals surface area contributed by atoms with E-state index >= 15 is 0 Å². The lowest BCUT2D eigenvalue weighted by Gasteiger charge is -2.21. The second kappa shape index (κ2) is 13.9. The van der Waals surface area contributed by atoms with Crippen molar-refractivity contribution in [1.29, 1.82) is 0 Å². The molecule has 9 rings (SSSR count). The third-order valence-corrected chi connectivity index (χ3v) is 10.7. The third kappa shape index (κ3) is 6.03. The highest BCUT2D eigenvalue weighted by Crippen LogP contribution is 2.46. The van der Waals surface area contributed by atoms with Gasteiger partial charge in [0, 0.05) is 0 Å². The Morgan fingerprint density at radius 2 is 0.887 bits per heavy atom. The van der Waals surface area contributed by atoms with Crippen molar-refractivity contribution in [2.75, 3.05) is 0 Å². The van der Waals surface area contributed by atoms with Crippen LogP contribution in [0.3, 0.4) is 0 Å². The molecule has 0 fully saturated rings. The first-order valence-corrected chi connectivity index (χ1v) is 18.7. The molecule has 0 aromatic heterocycles. The molecule has 0 amide bonds. The number of rotatable bonds is 7. The molecule has 9 aromatic rings. The predicted molar refractivity (Wildman–Crippen MR) is 230 cm³/mol. The summed E-state index contributed by atoms with van der Waals surface area (Å²) >= 11 is 0. The summed E-state index contributed by atoms with van der Waals surface area (Å²) in [4.78, 5) is 0. The minimum Gasteiger partial charge on any atom is -0.0842 e. The van der Waals surface area contributed by atoms with Gasteiger partial charge in [0.2, 0.25) is 0 Å². The van der Waals surface area contributed by atoms with E-state index in [4.69, 9.17) is 0 Å². The monoisotopic (exact) mass is 676 g/mol. The van der Waals surface area contributed by atoms with E-state index in [1.807, 2.05) is 0 Å². The normalized spacial score (nSPS) is 11.6. The van der Waals surface area contributed by atoms with Gasteiger partial charge in [-0.05, 0) is 137 Å². The molecule has 0 aliphatic heterocycles. The Morgan fingerprint density at radius 3 is 1.57 bits per heavy atom. The first kappa shape index (κ1) is 32.4. The molecule has 0 atom stereocenters. The van der Waals surface area contributed by atoms with Crippen molar-refractivity contribution >= 4 is 38.4 Å². The maximum atomic E-state index is 2.39. The summed E-state index contributed by atoms with van der Waals surface area (Å²) < 4.78 is 0. The van der Waals surface area contributed by atoms with E-state index < -0.39 is 0 Å². The van der Waals surface area contributed by atoms with Gasteiger partial charge in [0.25, 0.3) is 0 Å². The van der Waals surface area contributed by atoms with E-state index in [-0.39, 0.29) is 0 Å². The van der Waals surface area contributed by atoms with Crippen molar-refractivity contribution in [3.8, 4) is 55.6 Å². The molecule has 0 nitrogen and oxygen atoms in total. The standard InChI is InChI=1S/C53H40/c1-3-4-15-37-30-31-50-51(36(37)2)53(47-25-14-23-44(35-47)45-29-28-39-18-8-9-19-40(39)33-45)49-27-11-10-26-48(49)52(50)46-24-13-22-43(34-46)42-21-12-20-41(32-42)38-16-6-5-7-17-38/h4-35H,3H2,1-2H3/b15-4-. The number of benzene rings is 9. The van der Waals surface area contributed by atoms with Crippen LogP contribution in [0.1, 0.15) is 24.5 Å². The highest BCUT2D eigenvalue weighted by atomic mass is 14.2. The van der Waals surface area contributed by atoms with Crippen LogP contribution < -0.4 is 0 Å². The Morgan fingerprint density at radius 1 is 0.377 bits per heavy atom. The van der Waals surface area contributed by atoms with Crippen molar-refractivity contribution in [3.63, 3.8) is 0 Å². The topological polar surface area (TPSA) is 0 Å². The maximum absolute atomic E-state index is 2.39. The zero-order valence-electron chi connectivity index (χ0n) is 30.2. The summed E-state index contributed by atoms with van der Waals surface area (Å²) in [7, 11) is 0. The summed E-state index contributed by atoms with van der Waals surface area (Å²) in [6.07, 6.45) is 5.56. The van der Waals surface area contributed by atoms with Crippen LogP contribution >= 0.6 is 0 Å². The molecule has 0 saturated carbocycles. The van der Waals surface area contributed by atoms with Crippen molar-refractivity contribution in [2.24, 2.45) is 0 Å². The largest absolute Gasteiger partial charge is 0.0842 e. The Balaban J connectivity index is 1.28. The zero-order valence-corrected chi connectivity index (χ0v) is 30.2. The molecule has 0 bridgehead atoms. The van der Waals surface area contributed by atoms with Crippen LogP contribution in [-0.4, -0.2) is 0 Å². The average molecular weight is 677 g/mol. The van der Waals surface area contributed by atoms with Gasteiger partial charge in [-0.3, -0.25) is 0 Å². The van der Waals surface area contributed by atoms with Gasteiger partial charge in [0.1, 0.15) is 0 Å². The summed E-state index contributed by atoms with van der Waals surface area (Å²) in [5.41, 5.74) is 14.9. The minimum absolute atomic E-state index is 0.999. The lowest BCUT2D eigenvalue weighted by molar-refractivity contribution is 1.23. The fourth-order valence-electron chi connectivity index (χ4n) is 8.08. The molecule has 9 aromatic carbocycles. The van der Waals surface area contributed by atoms with Crippen molar-refractivity contribution in [1.82, 2.24) is 0 Å². The molecular weight excluding hydrogens is 637 g/mol. The Hall–Kier alpha value is -6.50. The SMILES string of the molecule is CC/C=C\c1ccc2c(-c3cccc(-c4cccc(-c5ccccc5)c4)c3)c3ccccc3c(-c3cccc(-c4ccc5ccccc5c4)c3)c2c1C. The van der Waals surface area contributed by atoms with Gasteiger partial charge in [0.15, 0.2) is 0 Å². The van der Waals surface area contributed by atoms with E-state index in [1.54, 1.807) is 0 Å². The van der Waals surface area contributed by atoms with Crippen molar-refractivity contribution in [3.05, 3.63) is 199 Å². The fraction of sp³-hybridized carbons (Fsp3) is 0.0566. The zero-order chi connectivity index (χ0) is 35.7.